The van der Waals surface area contributed by atoms with Crippen LogP contribution in [0.25, 0.3) is 5.57 Å². The van der Waals surface area contributed by atoms with E-state index in [0.717, 1.165) is 27.8 Å². The molecule has 1 N–H and O–H groups in total. The minimum atomic E-state index is -0.949. The van der Waals surface area contributed by atoms with E-state index in [0.29, 0.717) is 50.2 Å². The zero-order valence-corrected chi connectivity index (χ0v) is 20.4. The van der Waals surface area contributed by atoms with Crippen LogP contribution in [0.4, 0.5) is 4.79 Å². The quantitative estimate of drug-likeness (QED) is 0.571. The molecule has 180 valence electrons. The molecule has 0 aromatic heterocycles. The minimum absolute atomic E-state index is 0.0580. The fourth-order valence-electron chi connectivity index (χ4n) is 4.82. The molecule has 1 aliphatic heterocycles. The highest BCUT2D eigenvalue weighted by Gasteiger charge is 2.52. The molecular weight excluding hydrogens is 430 g/mol. The monoisotopic (exact) mass is 463 g/mol. The molecule has 2 aromatic rings. The Kier molecular flexibility index (Phi) is 7.08. The Bertz CT molecular complexity index is 1100. The third-order valence-electron chi connectivity index (χ3n) is 6.83. The van der Waals surface area contributed by atoms with E-state index in [2.05, 4.69) is 5.32 Å². The molecule has 0 bridgehead atoms. The standard InChI is InChI=1S/C28H33NO5/c1-5-29-27(31)33-25-24(23-16-19(3)18(2)15-20(23)4)26(30)34-28(25)13-11-22(12-14-28)32-17-21-9-7-6-8-10-21/h6-10,15-16,22H,5,11-14,17H2,1-4H3,(H,29,31). The lowest BCUT2D eigenvalue weighted by atomic mass is 9.80. The van der Waals surface area contributed by atoms with Crippen LogP contribution in [-0.2, 0) is 25.6 Å². The third kappa shape index (κ3) is 4.87. The number of alkyl carbamates (subject to hydrolysis) is 1. The van der Waals surface area contributed by atoms with Gasteiger partial charge in [-0.05, 0) is 81.2 Å². The second-order valence-corrected chi connectivity index (χ2v) is 9.26. The maximum Gasteiger partial charge on any atom is 0.412 e. The topological polar surface area (TPSA) is 73.9 Å². The van der Waals surface area contributed by atoms with E-state index in [9.17, 15) is 9.59 Å². The van der Waals surface area contributed by atoms with Crippen LogP contribution in [0.5, 0.6) is 0 Å². The first-order valence-electron chi connectivity index (χ1n) is 12.0. The average Bonchev–Trinajstić information content (AvgIpc) is 3.07. The highest BCUT2D eigenvalue weighted by molar-refractivity contribution is 6.20. The highest BCUT2D eigenvalue weighted by atomic mass is 16.6. The molecule has 0 atom stereocenters. The van der Waals surface area contributed by atoms with Crippen molar-refractivity contribution in [2.75, 3.05) is 6.54 Å². The van der Waals surface area contributed by atoms with Crippen molar-refractivity contribution in [2.24, 2.45) is 0 Å². The van der Waals surface area contributed by atoms with Gasteiger partial charge in [-0.25, -0.2) is 9.59 Å². The van der Waals surface area contributed by atoms with Crippen LogP contribution in [0.3, 0.4) is 0 Å². The summed E-state index contributed by atoms with van der Waals surface area (Å²) < 4.78 is 18.0. The number of amides is 1. The van der Waals surface area contributed by atoms with Crippen molar-refractivity contribution < 1.29 is 23.8 Å². The van der Waals surface area contributed by atoms with Gasteiger partial charge in [0, 0.05) is 6.54 Å². The van der Waals surface area contributed by atoms with Crippen LogP contribution < -0.4 is 5.32 Å². The van der Waals surface area contributed by atoms with Crippen LogP contribution in [0.1, 0.15) is 60.4 Å². The molecule has 1 saturated carbocycles. The van der Waals surface area contributed by atoms with Gasteiger partial charge in [-0.3, -0.25) is 0 Å². The van der Waals surface area contributed by atoms with Crippen LogP contribution in [-0.4, -0.2) is 30.3 Å². The summed E-state index contributed by atoms with van der Waals surface area (Å²) in [5, 5.41) is 2.68. The summed E-state index contributed by atoms with van der Waals surface area (Å²) in [4.78, 5) is 25.7. The van der Waals surface area contributed by atoms with Crippen molar-refractivity contribution in [2.45, 2.75) is 71.7 Å². The molecule has 6 nitrogen and oxygen atoms in total. The molecule has 2 aromatic carbocycles. The average molecular weight is 464 g/mol. The Balaban J connectivity index is 1.61. The summed E-state index contributed by atoms with van der Waals surface area (Å²) in [7, 11) is 0. The Morgan fingerprint density at radius 3 is 2.41 bits per heavy atom. The molecule has 0 saturated heterocycles. The number of carbonyl (C=O) groups is 2. The van der Waals surface area contributed by atoms with E-state index in [1.807, 2.05) is 70.2 Å². The Morgan fingerprint density at radius 1 is 1.06 bits per heavy atom. The smallest absolute Gasteiger partial charge is 0.412 e. The first-order valence-corrected chi connectivity index (χ1v) is 12.0. The summed E-state index contributed by atoms with van der Waals surface area (Å²) >= 11 is 0. The van der Waals surface area contributed by atoms with Gasteiger partial charge in [-0.15, -0.1) is 0 Å². The second-order valence-electron chi connectivity index (χ2n) is 9.26. The van der Waals surface area contributed by atoms with Gasteiger partial charge in [0.1, 0.15) is 5.57 Å². The second kappa shape index (κ2) is 10.0. The lowest BCUT2D eigenvalue weighted by molar-refractivity contribution is -0.152. The first kappa shape index (κ1) is 24.0. The van der Waals surface area contributed by atoms with Crippen LogP contribution in [0.2, 0.25) is 0 Å². The number of rotatable bonds is 6. The molecule has 1 heterocycles. The van der Waals surface area contributed by atoms with Gasteiger partial charge in [-0.1, -0.05) is 42.5 Å². The largest absolute Gasteiger partial charge is 0.447 e. The SMILES string of the molecule is CCNC(=O)OC1=C(c2cc(C)c(C)cc2C)C(=O)OC12CCC(OCc1ccccc1)CC2. The predicted octanol–water partition coefficient (Wildman–Crippen LogP) is 5.52. The number of aryl methyl sites for hydroxylation is 3. The lowest BCUT2D eigenvalue weighted by Crippen LogP contribution is -2.41. The molecule has 1 spiro atoms. The fraction of sp³-hybridized carbons (Fsp3) is 0.429. The number of hydrogen-bond donors (Lipinski definition) is 1. The maximum absolute atomic E-state index is 13.2. The van der Waals surface area contributed by atoms with Gasteiger partial charge < -0.3 is 19.5 Å². The van der Waals surface area contributed by atoms with Crippen molar-refractivity contribution in [3.8, 4) is 0 Å². The summed E-state index contributed by atoms with van der Waals surface area (Å²) in [5.41, 5.74) is 4.45. The fourth-order valence-corrected chi connectivity index (χ4v) is 4.82. The zero-order valence-electron chi connectivity index (χ0n) is 20.4. The third-order valence-corrected chi connectivity index (χ3v) is 6.83. The summed E-state index contributed by atoms with van der Waals surface area (Å²) in [6.45, 7) is 8.81. The van der Waals surface area contributed by atoms with E-state index < -0.39 is 17.7 Å². The van der Waals surface area contributed by atoms with E-state index in [-0.39, 0.29) is 6.10 Å². The van der Waals surface area contributed by atoms with Crippen molar-refractivity contribution in [1.29, 1.82) is 0 Å². The van der Waals surface area contributed by atoms with Gasteiger partial charge in [0.15, 0.2) is 11.4 Å². The van der Waals surface area contributed by atoms with Crippen molar-refractivity contribution >= 4 is 17.6 Å². The summed E-state index contributed by atoms with van der Waals surface area (Å²) in [6.07, 6.45) is 1.99. The van der Waals surface area contributed by atoms with E-state index >= 15 is 0 Å². The molecule has 1 aliphatic carbocycles. The number of nitrogens with one attached hydrogen (secondary N) is 1. The molecule has 0 unspecified atom stereocenters. The van der Waals surface area contributed by atoms with Crippen molar-refractivity contribution in [3.63, 3.8) is 0 Å². The molecule has 6 heteroatoms. The van der Waals surface area contributed by atoms with Crippen LogP contribution in [0.15, 0.2) is 48.2 Å². The zero-order chi connectivity index (χ0) is 24.3. The number of esters is 1. The van der Waals surface area contributed by atoms with E-state index in [4.69, 9.17) is 14.2 Å². The normalized spacial score (nSPS) is 22.1. The van der Waals surface area contributed by atoms with Crippen LogP contribution >= 0.6 is 0 Å². The van der Waals surface area contributed by atoms with Gasteiger partial charge >= 0.3 is 12.1 Å². The van der Waals surface area contributed by atoms with Crippen molar-refractivity contribution in [3.05, 3.63) is 76.0 Å². The molecule has 0 radical (unpaired) electrons. The lowest BCUT2D eigenvalue weighted by Gasteiger charge is -2.36. The Labute approximate surface area is 201 Å². The van der Waals surface area contributed by atoms with Crippen LogP contribution in [0, 0.1) is 20.8 Å². The minimum Gasteiger partial charge on any atom is -0.447 e. The predicted molar refractivity (Wildman–Crippen MR) is 130 cm³/mol. The Morgan fingerprint density at radius 2 is 1.74 bits per heavy atom. The van der Waals surface area contributed by atoms with Gasteiger partial charge in [-0.2, -0.15) is 0 Å². The number of carbonyl (C=O) groups excluding carboxylic acids is 2. The number of ether oxygens (including phenoxy) is 3. The molecule has 1 fully saturated rings. The maximum atomic E-state index is 13.2. The number of benzene rings is 2. The van der Waals surface area contributed by atoms with Crippen molar-refractivity contribution in [1.82, 2.24) is 5.32 Å². The molecule has 4 rings (SSSR count). The van der Waals surface area contributed by atoms with Gasteiger partial charge in [0.05, 0.1) is 12.7 Å². The molecule has 2 aliphatic rings. The number of hydrogen-bond acceptors (Lipinski definition) is 5. The van der Waals surface area contributed by atoms with Gasteiger partial charge in [0.2, 0.25) is 0 Å². The Hall–Kier alpha value is -3.12. The molecule has 1 amide bonds. The van der Waals surface area contributed by atoms with E-state index in [1.165, 1.54) is 0 Å². The molecule has 34 heavy (non-hydrogen) atoms. The first-order chi connectivity index (χ1) is 16.3. The molecular formula is C28H33NO5. The highest BCUT2D eigenvalue weighted by Crippen LogP contribution is 2.48. The summed E-state index contributed by atoms with van der Waals surface area (Å²) in [5.74, 6) is -0.106. The van der Waals surface area contributed by atoms with E-state index in [1.54, 1.807) is 0 Å². The van der Waals surface area contributed by atoms with Gasteiger partial charge in [0.25, 0.3) is 0 Å². The summed E-state index contributed by atoms with van der Waals surface area (Å²) in [6, 6.07) is 14.1.